The van der Waals surface area contributed by atoms with Gasteiger partial charge in [0.2, 0.25) is 0 Å². The molecule has 5 heteroatoms. The molecule has 1 aliphatic heterocycles. The highest BCUT2D eigenvalue weighted by Crippen LogP contribution is 2.32. The Morgan fingerprint density at radius 1 is 1.17 bits per heavy atom. The second kappa shape index (κ2) is 6.43. The lowest BCUT2D eigenvalue weighted by atomic mass is 9.85. The molecule has 0 aliphatic carbocycles. The molecule has 1 aliphatic rings. The molecule has 5 nitrogen and oxygen atoms in total. The summed E-state index contributed by atoms with van der Waals surface area (Å²) in [5.74, 6) is 0.494. The summed E-state index contributed by atoms with van der Waals surface area (Å²) >= 11 is 0. The molecule has 2 heterocycles. The molecule has 1 aromatic heterocycles. The number of aliphatic hydroxyl groups excluding tert-OH is 1. The first-order valence-electron chi connectivity index (χ1n) is 8.17. The van der Waals surface area contributed by atoms with E-state index in [0.29, 0.717) is 32.1 Å². The van der Waals surface area contributed by atoms with Crippen LogP contribution in [0.2, 0.25) is 0 Å². The predicted octanol–water partition coefficient (Wildman–Crippen LogP) is 1.57. The lowest BCUT2D eigenvalue weighted by molar-refractivity contribution is -0.115. The average molecular weight is 315 g/mol. The molecule has 23 heavy (non-hydrogen) atoms. The Kier molecular flexibility index (Phi) is 4.53. The van der Waals surface area contributed by atoms with Gasteiger partial charge >= 0.3 is 0 Å². The van der Waals surface area contributed by atoms with Crippen molar-refractivity contribution in [3.05, 3.63) is 53.9 Å². The van der Waals surface area contributed by atoms with Crippen molar-refractivity contribution in [3.8, 4) is 0 Å². The number of nitrogens with zero attached hydrogens (tertiary/aromatic N) is 3. The summed E-state index contributed by atoms with van der Waals surface area (Å²) in [5, 5.41) is 24.9. The van der Waals surface area contributed by atoms with Crippen molar-refractivity contribution in [3.63, 3.8) is 0 Å². The number of hydrogen-bond donors (Lipinski definition) is 2. The lowest BCUT2D eigenvalue weighted by Crippen LogP contribution is -2.61. The van der Waals surface area contributed by atoms with E-state index in [1.54, 1.807) is 10.9 Å². The number of aliphatic hydroxyl groups is 2. The van der Waals surface area contributed by atoms with Crippen LogP contribution in [-0.2, 0) is 12.1 Å². The maximum absolute atomic E-state index is 10.7. The zero-order valence-electron chi connectivity index (χ0n) is 13.8. The molecule has 1 atom stereocenters. The van der Waals surface area contributed by atoms with Crippen molar-refractivity contribution in [2.45, 2.75) is 38.0 Å². The van der Waals surface area contributed by atoms with Gasteiger partial charge < -0.3 is 10.2 Å². The Hall–Kier alpha value is -1.69. The Morgan fingerprint density at radius 3 is 2.43 bits per heavy atom. The van der Waals surface area contributed by atoms with E-state index in [1.165, 1.54) is 5.56 Å². The van der Waals surface area contributed by atoms with E-state index in [9.17, 15) is 10.2 Å². The molecule has 0 radical (unpaired) electrons. The molecule has 0 bridgehead atoms. The van der Waals surface area contributed by atoms with Crippen LogP contribution in [0.5, 0.6) is 0 Å². The van der Waals surface area contributed by atoms with Crippen molar-refractivity contribution < 1.29 is 10.2 Å². The van der Waals surface area contributed by atoms with Crippen LogP contribution in [0.1, 0.15) is 30.9 Å². The molecular formula is C18H25N3O2. The number of hydrogen-bond acceptors (Lipinski definition) is 4. The van der Waals surface area contributed by atoms with Crippen LogP contribution in [-0.4, -0.2) is 50.6 Å². The molecular weight excluding hydrogens is 290 g/mol. The fraction of sp³-hybridized carbons (Fsp3) is 0.500. The largest absolute Gasteiger partial charge is 0.390 e. The molecule has 2 aromatic rings. The summed E-state index contributed by atoms with van der Waals surface area (Å²) < 4.78 is 1.72. The minimum atomic E-state index is -0.791. The fourth-order valence-electron chi connectivity index (χ4n) is 3.16. The first-order chi connectivity index (χ1) is 11.0. The molecule has 0 saturated carbocycles. The fourth-order valence-corrected chi connectivity index (χ4v) is 3.16. The van der Waals surface area contributed by atoms with Gasteiger partial charge in [-0.15, -0.1) is 0 Å². The number of benzene rings is 1. The van der Waals surface area contributed by atoms with E-state index < -0.39 is 11.7 Å². The first kappa shape index (κ1) is 16.2. The molecule has 2 N–H and O–H groups in total. The van der Waals surface area contributed by atoms with Crippen molar-refractivity contribution in [1.82, 2.24) is 14.7 Å². The Balaban J connectivity index is 1.52. The highest BCUT2D eigenvalue weighted by atomic mass is 16.3. The van der Waals surface area contributed by atoms with Gasteiger partial charge in [0.05, 0.1) is 12.6 Å². The Morgan fingerprint density at radius 2 is 1.87 bits per heavy atom. The van der Waals surface area contributed by atoms with Gasteiger partial charge in [-0.2, -0.15) is 5.10 Å². The maximum Gasteiger partial charge on any atom is 0.115 e. The number of rotatable bonds is 6. The minimum Gasteiger partial charge on any atom is -0.390 e. The summed E-state index contributed by atoms with van der Waals surface area (Å²) in [7, 11) is 0. The van der Waals surface area contributed by atoms with E-state index in [0.717, 1.165) is 5.56 Å². The van der Waals surface area contributed by atoms with Crippen molar-refractivity contribution >= 4 is 0 Å². The monoisotopic (exact) mass is 315 g/mol. The van der Waals surface area contributed by atoms with Gasteiger partial charge in [-0.1, -0.05) is 38.1 Å². The van der Waals surface area contributed by atoms with Gasteiger partial charge in [-0.25, -0.2) is 0 Å². The second-order valence-corrected chi connectivity index (χ2v) is 6.86. The van der Waals surface area contributed by atoms with E-state index in [-0.39, 0.29) is 0 Å². The van der Waals surface area contributed by atoms with Gasteiger partial charge in [-0.3, -0.25) is 9.58 Å². The third-order valence-corrected chi connectivity index (χ3v) is 4.51. The number of aromatic nitrogens is 2. The SMILES string of the molecule is CC(C)c1ccc(C2(O)CN(CC(O)Cn3cccn3)C2)cc1. The van der Waals surface area contributed by atoms with Gasteiger partial charge in [-0.05, 0) is 23.1 Å². The molecule has 124 valence electrons. The minimum absolute atomic E-state index is 0.477. The predicted molar refractivity (Wildman–Crippen MR) is 89.1 cm³/mol. The van der Waals surface area contributed by atoms with Crippen LogP contribution in [0.4, 0.5) is 0 Å². The van der Waals surface area contributed by atoms with Gasteiger partial charge in [0.25, 0.3) is 0 Å². The summed E-state index contributed by atoms with van der Waals surface area (Å²) in [6, 6.07) is 10.1. The smallest absolute Gasteiger partial charge is 0.115 e. The summed E-state index contributed by atoms with van der Waals surface area (Å²) in [4.78, 5) is 2.07. The third kappa shape index (κ3) is 3.63. The summed E-state index contributed by atoms with van der Waals surface area (Å²) in [5.41, 5.74) is 1.45. The third-order valence-electron chi connectivity index (χ3n) is 4.51. The van der Waals surface area contributed by atoms with Crippen molar-refractivity contribution in [2.24, 2.45) is 0 Å². The van der Waals surface area contributed by atoms with E-state index >= 15 is 0 Å². The maximum atomic E-state index is 10.7. The Labute approximate surface area is 137 Å². The van der Waals surface area contributed by atoms with Crippen LogP contribution in [0, 0.1) is 0 Å². The Bertz CT molecular complexity index is 616. The number of β-amino-alcohol motifs (C(OH)–C–C–N with tert-alkyl or cyclic N) is 2. The standard InChI is InChI=1S/C18H25N3O2/c1-14(2)15-4-6-16(7-5-15)18(23)12-20(13-18)10-17(22)11-21-9-3-8-19-21/h3-9,14,17,22-23H,10-13H2,1-2H3. The first-order valence-corrected chi connectivity index (χ1v) is 8.17. The molecule has 0 amide bonds. The molecule has 1 aromatic carbocycles. The van der Waals surface area contributed by atoms with Gasteiger partial charge in [0.15, 0.2) is 0 Å². The highest BCUT2D eigenvalue weighted by molar-refractivity contribution is 5.31. The van der Waals surface area contributed by atoms with Crippen LogP contribution in [0.25, 0.3) is 0 Å². The normalized spacial score (nSPS) is 18.8. The van der Waals surface area contributed by atoms with Gasteiger partial charge in [0, 0.05) is 32.0 Å². The lowest BCUT2D eigenvalue weighted by Gasteiger charge is -2.47. The molecule has 0 spiro atoms. The molecule has 3 rings (SSSR count). The van der Waals surface area contributed by atoms with Crippen LogP contribution in [0.3, 0.4) is 0 Å². The topological polar surface area (TPSA) is 61.5 Å². The second-order valence-electron chi connectivity index (χ2n) is 6.86. The average Bonchev–Trinajstić information content (AvgIpc) is 2.98. The summed E-state index contributed by atoms with van der Waals surface area (Å²) in [6.07, 6.45) is 3.06. The van der Waals surface area contributed by atoms with Crippen molar-refractivity contribution in [2.75, 3.05) is 19.6 Å². The zero-order valence-corrected chi connectivity index (χ0v) is 13.8. The van der Waals surface area contributed by atoms with Crippen LogP contribution < -0.4 is 0 Å². The van der Waals surface area contributed by atoms with Gasteiger partial charge in [0.1, 0.15) is 5.60 Å². The highest BCUT2D eigenvalue weighted by Gasteiger charge is 2.42. The van der Waals surface area contributed by atoms with Crippen LogP contribution in [0.15, 0.2) is 42.7 Å². The van der Waals surface area contributed by atoms with E-state index in [1.807, 2.05) is 24.4 Å². The van der Waals surface area contributed by atoms with E-state index in [2.05, 4.69) is 36.0 Å². The van der Waals surface area contributed by atoms with E-state index in [4.69, 9.17) is 0 Å². The summed E-state index contributed by atoms with van der Waals surface area (Å²) in [6.45, 7) is 6.47. The zero-order chi connectivity index (χ0) is 16.4. The molecule has 1 fully saturated rings. The van der Waals surface area contributed by atoms with Crippen LogP contribution >= 0.6 is 0 Å². The quantitative estimate of drug-likeness (QED) is 0.849. The number of likely N-dealkylation sites (tertiary alicyclic amines) is 1. The molecule has 1 unspecified atom stereocenters. The van der Waals surface area contributed by atoms with Crippen molar-refractivity contribution in [1.29, 1.82) is 0 Å². The molecule has 1 saturated heterocycles.